The van der Waals surface area contributed by atoms with E-state index in [0.29, 0.717) is 11.3 Å². The third-order valence-corrected chi connectivity index (χ3v) is 5.40. The van der Waals surface area contributed by atoms with Gasteiger partial charge in [-0.15, -0.1) is 0 Å². The predicted molar refractivity (Wildman–Crippen MR) is 108 cm³/mol. The van der Waals surface area contributed by atoms with Gasteiger partial charge in [-0.3, -0.25) is 9.79 Å². The molecule has 0 bridgehead atoms. The van der Waals surface area contributed by atoms with E-state index in [1.807, 2.05) is 12.1 Å². The third kappa shape index (κ3) is 3.59. The van der Waals surface area contributed by atoms with Crippen LogP contribution in [0.15, 0.2) is 41.4 Å². The SMILES string of the molecule is Cc1cc(N=CC2C(=O)Nc3cccc(F)c32)ccc1N1CCCCCC1. The number of hydrogen-bond acceptors (Lipinski definition) is 3. The Labute approximate surface area is 159 Å². The standard InChI is InChI=1S/C22H24FN3O/c1-15-13-16(9-10-20(15)26-11-4-2-3-5-12-26)24-14-17-21-18(23)7-6-8-19(21)25-22(17)27/h6-10,13-14,17H,2-5,11-12H2,1H3,(H,25,27). The molecule has 2 heterocycles. The third-order valence-electron chi connectivity index (χ3n) is 5.40. The van der Waals surface area contributed by atoms with Gasteiger partial charge in [-0.25, -0.2) is 4.39 Å². The van der Waals surface area contributed by atoms with Gasteiger partial charge in [-0.05, 0) is 55.7 Å². The second kappa shape index (κ2) is 7.51. The fourth-order valence-corrected chi connectivity index (χ4v) is 3.99. The highest BCUT2D eigenvalue weighted by Crippen LogP contribution is 2.34. The summed E-state index contributed by atoms with van der Waals surface area (Å²) in [5.41, 5.74) is 4.12. The number of carbonyl (C=O) groups is 1. The fourth-order valence-electron chi connectivity index (χ4n) is 3.99. The van der Waals surface area contributed by atoms with Crippen molar-refractivity contribution >= 4 is 29.2 Å². The van der Waals surface area contributed by atoms with Crippen LogP contribution in [0, 0.1) is 12.7 Å². The lowest BCUT2D eigenvalue weighted by Crippen LogP contribution is -2.24. The Hall–Kier alpha value is -2.69. The van der Waals surface area contributed by atoms with Gasteiger partial charge in [0.05, 0.1) is 5.69 Å². The molecule has 4 nitrogen and oxygen atoms in total. The molecule has 4 rings (SSSR count). The van der Waals surface area contributed by atoms with Crippen LogP contribution in [0.1, 0.15) is 42.7 Å². The van der Waals surface area contributed by atoms with Gasteiger partial charge in [0.2, 0.25) is 5.91 Å². The first-order chi connectivity index (χ1) is 13.1. The Kier molecular flexibility index (Phi) is 4.92. The number of rotatable bonds is 3. The first-order valence-corrected chi connectivity index (χ1v) is 9.62. The molecule has 0 aromatic heterocycles. The highest BCUT2D eigenvalue weighted by molar-refractivity contribution is 6.12. The number of aliphatic imine (C=N–C) groups is 1. The maximum atomic E-state index is 14.1. The number of nitrogens with one attached hydrogen (secondary N) is 1. The van der Waals surface area contributed by atoms with Gasteiger partial charge < -0.3 is 10.2 Å². The molecule has 1 N–H and O–H groups in total. The summed E-state index contributed by atoms with van der Waals surface area (Å²) in [5, 5.41) is 2.72. The summed E-state index contributed by atoms with van der Waals surface area (Å²) in [5.74, 6) is -1.31. The second-order valence-electron chi connectivity index (χ2n) is 7.32. The minimum Gasteiger partial charge on any atom is -0.371 e. The molecule has 2 aromatic rings. The smallest absolute Gasteiger partial charge is 0.237 e. The number of amides is 1. The molecule has 0 spiro atoms. The summed E-state index contributed by atoms with van der Waals surface area (Å²) in [6, 6.07) is 10.8. The predicted octanol–water partition coefficient (Wildman–Crippen LogP) is 4.95. The van der Waals surface area contributed by atoms with Gasteiger partial charge in [-0.2, -0.15) is 0 Å². The van der Waals surface area contributed by atoms with Crippen molar-refractivity contribution in [3.05, 3.63) is 53.3 Å². The van der Waals surface area contributed by atoms with E-state index in [0.717, 1.165) is 18.8 Å². The minimum absolute atomic E-state index is 0.239. The first kappa shape index (κ1) is 17.7. The van der Waals surface area contributed by atoms with E-state index in [1.165, 1.54) is 43.0 Å². The van der Waals surface area contributed by atoms with Gasteiger partial charge in [0.1, 0.15) is 11.7 Å². The molecule has 2 aromatic carbocycles. The molecule has 2 aliphatic rings. The van der Waals surface area contributed by atoms with Gasteiger partial charge in [0, 0.05) is 36.2 Å². The quantitative estimate of drug-likeness (QED) is 0.782. The average molecular weight is 365 g/mol. The number of anilines is 2. The topological polar surface area (TPSA) is 44.7 Å². The van der Waals surface area contributed by atoms with Crippen LogP contribution in [0.4, 0.5) is 21.5 Å². The summed E-state index contributed by atoms with van der Waals surface area (Å²) < 4.78 is 14.1. The zero-order chi connectivity index (χ0) is 18.8. The van der Waals surface area contributed by atoms with Crippen molar-refractivity contribution in [2.75, 3.05) is 23.3 Å². The van der Waals surface area contributed by atoms with Crippen LogP contribution in [0.3, 0.4) is 0 Å². The van der Waals surface area contributed by atoms with E-state index in [4.69, 9.17) is 0 Å². The van der Waals surface area contributed by atoms with Gasteiger partial charge in [0.15, 0.2) is 0 Å². The molecule has 0 aliphatic carbocycles. The van der Waals surface area contributed by atoms with Crippen LogP contribution in [-0.2, 0) is 4.79 Å². The van der Waals surface area contributed by atoms with E-state index in [-0.39, 0.29) is 11.7 Å². The van der Waals surface area contributed by atoms with Crippen LogP contribution in [0.5, 0.6) is 0 Å². The molecule has 2 aliphatic heterocycles. The molecule has 5 heteroatoms. The molecule has 1 amide bonds. The Balaban J connectivity index is 1.55. The Bertz CT molecular complexity index is 885. The number of aryl methyl sites for hydroxylation is 1. The van der Waals surface area contributed by atoms with E-state index < -0.39 is 5.92 Å². The Morgan fingerprint density at radius 1 is 1.15 bits per heavy atom. The van der Waals surface area contributed by atoms with Gasteiger partial charge >= 0.3 is 0 Å². The molecular weight excluding hydrogens is 341 g/mol. The van der Waals surface area contributed by atoms with Crippen molar-refractivity contribution < 1.29 is 9.18 Å². The molecule has 140 valence electrons. The van der Waals surface area contributed by atoms with E-state index >= 15 is 0 Å². The van der Waals surface area contributed by atoms with Crippen molar-refractivity contribution in [1.82, 2.24) is 0 Å². The highest BCUT2D eigenvalue weighted by Gasteiger charge is 2.31. The maximum absolute atomic E-state index is 14.1. The second-order valence-corrected chi connectivity index (χ2v) is 7.32. The molecule has 27 heavy (non-hydrogen) atoms. The van der Waals surface area contributed by atoms with Crippen LogP contribution in [-0.4, -0.2) is 25.2 Å². The Morgan fingerprint density at radius 2 is 1.93 bits per heavy atom. The first-order valence-electron chi connectivity index (χ1n) is 9.62. The van der Waals surface area contributed by atoms with Crippen molar-refractivity contribution in [2.45, 2.75) is 38.5 Å². The van der Waals surface area contributed by atoms with Crippen LogP contribution < -0.4 is 10.2 Å². The summed E-state index contributed by atoms with van der Waals surface area (Å²) in [6.07, 6.45) is 6.63. The zero-order valence-electron chi connectivity index (χ0n) is 15.5. The molecule has 1 fully saturated rings. The van der Waals surface area contributed by atoms with Crippen LogP contribution in [0.2, 0.25) is 0 Å². The molecule has 0 saturated carbocycles. The maximum Gasteiger partial charge on any atom is 0.237 e. The summed E-state index contributed by atoms with van der Waals surface area (Å²) in [7, 11) is 0. The number of hydrogen-bond donors (Lipinski definition) is 1. The van der Waals surface area contributed by atoms with E-state index in [2.05, 4.69) is 28.2 Å². The lowest BCUT2D eigenvalue weighted by molar-refractivity contribution is -0.115. The van der Waals surface area contributed by atoms with Crippen molar-refractivity contribution in [3.8, 4) is 0 Å². The largest absolute Gasteiger partial charge is 0.371 e. The summed E-state index contributed by atoms with van der Waals surface area (Å²) >= 11 is 0. The average Bonchev–Trinajstić information content (AvgIpc) is 2.82. The monoisotopic (exact) mass is 365 g/mol. The van der Waals surface area contributed by atoms with Crippen LogP contribution in [0.25, 0.3) is 0 Å². The lowest BCUT2D eigenvalue weighted by Gasteiger charge is -2.24. The number of nitrogens with zero attached hydrogens (tertiary/aromatic N) is 2. The summed E-state index contributed by atoms with van der Waals surface area (Å²) in [6.45, 7) is 4.29. The number of benzene rings is 2. The fraction of sp³-hybridized carbons (Fsp3) is 0.364. The lowest BCUT2D eigenvalue weighted by atomic mass is 10.0. The number of halogens is 1. The molecular formula is C22H24FN3O. The number of fused-ring (bicyclic) bond motifs is 1. The van der Waals surface area contributed by atoms with Gasteiger partial charge in [0.25, 0.3) is 0 Å². The van der Waals surface area contributed by atoms with Gasteiger partial charge in [-0.1, -0.05) is 18.9 Å². The molecule has 1 atom stereocenters. The molecule has 1 unspecified atom stereocenters. The molecule has 1 saturated heterocycles. The highest BCUT2D eigenvalue weighted by atomic mass is 19.1. The van der Waals surface area contributed by atoms with Crippen molar-refractivity contribution in [3.63, 3.8) is 0 Å². The zero-order valence-corrected chi connectivity index (χ0v) is 15.5. The normalized spacial score (nSPS) is 19.9. The van der Waals surface area contributed by atoms with Crippen molar-refractivity contribution in [1.29, 1.82) is 0 Å². The van der Waals surface area contributed by atoms with E-state index in [1.54, 1.807) is 18.3 Å². The molecule has 0 radical (unpaired) electrons. The van der Waals surface area contributed by atoms with E-state index in [9.17, 15) is 9.18 Å². The number of carbonyl (C=O) groups excluding carboxylic acids is 1. The Morgan fingerprint density at radius 3 is 2.67 bits per heavy atom. The minimum atomic E-state index is -0.688. The van der Waals surface area contributed by atoms with Crippen molar-refractivity contribution in [2.24, 2.45) is 4.99 Å². The summed E-state index contributed by atoms with van der Waals surface area (Å²) in [4.78, 5) is 19.1. The van der Waals surface area contributed by atoms with Crippen LogP contribution >= 0.6 is 0 Å².